The molecule has 3 heterocycles. The Labute approximate surface area is 406 Å². The molecule has 6 N–H and O–H groups in total. The molecule has 7 atom stereocenters. The zero-order valence-electron chi connectivity index (χ0n) is 39.1. The van der Waals surface area contributed by atoms with Crippen molar-refractivity contribution in [3.63, 3.8) is 0 Å². The largest absolute Gasteiger partial charge is 0.790 e. The third-order valence-electron chi connectivity index (χ3n) is 10.6. The second kappa shape index (κ2) is 30.2. The third kappa shape index (κ3) is 23.0. The number of hydrogen-bond donors (Lipinski definition) is 5. The van der Waals surface area contributed by atoms with E-state index in [1.165, 1.54) is 71.3 Å². The van der Waals surface area contributed by atoms with Gasteiger partial charge in [0, 0.05) is 30.7 Å². The molecule has 2 unspecified atom stereocenters. The Kier molecular flexibility index (Phi) is 26.4. The van der Waals surface area contributed by atoms with Gasteiger partial charge in [0.25, 0.3) is 15.6 Å². The first kappa shape index (κ1) is 60.3. The monoisotopic (exact) mass is 1050 g/mol. The first-order chi connectivity index (χ1) is 32.6. The molecule has 392 valence electrons. The minimum atomic E-state index is -5.92. The number of hydrogen-bond acceptors (Lipinski definition) is 22. The SMILES string of the molecule is CCCCCCCCCC/C=C\CCCCC/C=C/C(=O)SCCNC(=O)CCNC(=O)[C@H](O)C(C)(C)COP(=O)([O-])OP(=O)([O-])OC[C@H]1O[C@@H](n2cnc3c(N)ncnc32)[C@H](O)[C@@H]1OP(=O)([O-])[O-]. The first-order valence-corrected chi connectivity index (χ1v) is 28.2. The molecule has 0 spiro atoms. The lowest BCUT2D eigenvalue weighted by Gasteiger charge is -2.36. The second-order valence-electron chi connectivity index (χ2n) is 16.9. The number of carbonyl (C=O) groups excluding carboxylic acids is 3. The Morgan fingerprint density at radius 2 is 1.51 bits per heavy atom. The standard InChI is InChI=1S/C41H70N7O17P3S/c1-4-5-6-7-8-9-10-11-12-13-14-15-16-17-18-19-20-21-32(50)69-25-24-43-31(49)22-23-44-39(53)36(52)41(2,3)27-62-68(59,60)65-67(57,58)61-26-30-35(64-66(54,55)56)34(51)40(63-30)48-29-47-33-37(42)45-28-46-38(33)48/h13-14,20-21,28-30,34-36,40,51-52H,4-12,15-19,22-27H2,1-3H3,(H,43,49)(H,44,53)(H,57,58)(H,59,60)(H2,42,45,46)(H2,54,55,56)/p-4/b14-13-,21-20+/t30-,34-,35-,36+,40-/m1/s1. The molecular formula is C41H66N7O17P3S-4. The number of thioether (sulfide) groups is 1. The number of imidazole rings is 1. The fraction of sp³-hybridized carbons (Fsp3) is 0.707. The average Bonchev–Trinajstić information content (AvgIpc) is 3.84. The van der Waals surface area contributed by atoms with Crippen molar-refractivity contribution in [3.05, 3.63) is 37.0 Å². The summed E-state index contributed by atoms with van der Waals surface area (Å²) in [5, 5.41) is 26.3. The number of anilines is 1. The van der Waals surface area contributed by atoms with Crippen molar-refractivity contribution in [2.75, 3.05) is 37.8 Å². The van der Waals surface area contributed by atoms with Gasteiger partial charge in [-0.1, -0.05) is 102 Å². The van der Waals surface area contributed by atoms with Gasteiger partial charge in [-0.25, -0.2) is 19.3 Å². The molecule has 2 aromatic heterocycles. The van der Waals surface area contributed by atoms with Crippen LogP contribution in [0, 0.1) is 5.41 Å². The number of allylic oxidation sites excluding steroid dienone is 3. The zero-order valence-corrected chi connectivity index (χ0v) is 42.6. The van der Waals surface area contributed by atoms with Crippen LogP contribution in [0.4, 0.5) is 5.82 Å². The summed E-state index contributed by atoms with van der Waals surface area (Å²) in [6, 6.07) is 0. The third-order valence-corrected chi connectivity index (χ3v) is 14.4. The predicted molar refractivity (Wildman–Crippen MR) is 247 cm³/mol. The van der Waals surface area contributed by atoms with Gasteiger partial charge < -0.3 is 69.0 Å². The van der Waals surface area contributed by atoms with Gasteiger partial charge in [-0.3, -0.25) is 28.1 Å². The molecule has 0 bridgehead atoms. The summed E-state index contributed by atoms with van der Waals surface area (Å²) in [5.41, 5.74) is 4.08. The normalized spacial score (nSPS) is 20.1. The van der Waals surface area contributed by atoms with E-state index in [4.69, 9.17) is 10.5 Å². The quantitative estimate of drug-likeness (QED) is 0.0287. The molecule has 3 rings (SSSR count). The zero-order chi connectivity index (χ0) is 51.1. The lowest BCUT2D eigenvalue weighted by Crippen LogP contribution is -2.46. The summed E-state index contributed by atoms with van der Waals surface area (Å²) < 4.78 is 60.8. The minimum Gasteiger partial charge on any atom is -0.790 e. The number of nitrogens with zero attached hydrogens (tertiary/aromatic N) is 4. The van der Waals surface area contributed by atoms with Crippen LogP contribution in [0.2, 0.25) is 0 Å². The molecular weight excluding hydrogens is 987 g/mol. The van der Waals surface area contributed by atoms with Crippen LogP contribution in [0.1, 0.15) is 123 Å². The van der Waals surface area contributed by atoms with Gasteiger partial charge in [-0.15, -0.1) is 0 Å². The van der Waals surface area contributed by atoms with E-state index < -0.39 is 84.6 Å². The number of ether oxygens (including phenoxy) is 1. The fourth-order valence-corrected chi connectivity index (χ4v) is 10.2. The van der Waals surface area contributed by atoms with E-state index in [1.54, 1.807) is 0 Å². The van der Waals surface area contributed by atoms with E-state index in [-0.39, 0.29) is 41.6 Å². The number of phosphoric acid groups is 3. The fourth-order valence-electron chi connectivity index (χ4n) is 6.82. The topological polar surface area (TPSA) is 375 Å². The van der Waals surface area contributed by atoms with Crippen LogP contribution in [0.3, 0.4) is 0 Å². The Hall–Kier alpha value is -2.96. The van der Waals surface area contributed by atoms with Crippen LogP contribution >= 0.6 is 35.2 Å². The van der Waals surface area contributed by atoms with Crippen molar-refractivity contribution in [2.24, 2.45) is 5.41 Å². The van der Waals surface area contributed by atoms with Crippen LogP contribution in [0.5, 0.6) is 0 Å². The lowest BCUT2D eigenvalue weighted by atomic mass is 9.87. The van der Waals surface area contributed by atoms with Crippen molar-refractivity contribution in [3.8, 4) is 0 Å². The molecule has 1 aliphatic rings. The molecule has 2 amide bonds. The summed E-state index contributed by atoms with van der Waals surface area (Å²) >= 11 is 1.05. The highest BCUT2D eigenvalue weighted by molar-refractivity contribution is 8.14. The number of aromatic nitrogens is 4. The smallest absolute Gasteiger partial charge is 0.274 e. The first-order valence-electron chi connectivity index (χ1n) is 22.9. The maximum absolute atomic E-state index is 12.6. The second-order valence-corrected chi connectivity index (χ2v) is 22.1. The highest BCUT2D eigenvalue weighted by atomic mass is 32.2. The Balaban J connectivity index is 1.29. The van der Waals surface area contributed by atoms with E-state index in [0.29, 0.717) is 5.75 Å². The Morgan fingerprint density at radius 1 is 0.899 bits per heavy atom. The number of unbranched alkanes of at least 4 members (excludes halogenated alkanes) is 12. The van der Waals surface area contributed by atoms with Crippen molar-refractivity contribution < 1.29 is 80.5 Å². The number of nitrogen functional groups attached to an aromatic ring is 1. The maximum atomic E-state index is 12.6. The predicted octanol–water partition coefficient (Wildman–Crippen LogP) is 2.73. The lowest BCUT2D eigenvalue weighted by molar-refractivity contribution is -0.347. The Morgan fingerprint density at radius 3 is 2.16 bits per heavy atom. The number of phosphoric ester groups is 3. The van der Waals surface area contributed by atoms with E-state index in [9.17, 15) is 57.9 Å². The van der Waals surface area contributed by atoms with Crippen LogP contribution < -0.4 is 35.9 Å². The number of rotatable bonds is 35. The molecule has 69 heavy (non-hydrogen) atoms. The molecule has 1 aliphatic heterocycles. The van der Waals surface area contributed by atoms with Gasteiger partial charge in [-0.05, 0) is 44.6 Å². The van der Waals surface area contributed by atoms with E-state index >= 15 is 0 Å². The molecule has 1 fully saturated rings. The van der Waals surface area contributed by atoms with Crippen molar-refractivity contribution in [2.45, 2.75) is 148 Å². The van der Waals surface area contributed by atoms with E-state index in [0.717, 1.165) is 67.5 Å². The summed E-state index contributed by atoms with van der Waals surface area (Å²) in [7, 11) is -17.6. The van der Waals surface area contributed by atoms with Gasteiger partial charge >= 0.3 is 0 Å². The number of aliphatic hydroxyl groups is 2. The van der Waals surface area contributed by atoms with Gasteiger partial charge in [0.2, 0.25) is 16.9 Å². The summed E-state index contributed by atoms with van der Waals surface area (Å²) in [5.74, 6) is -1.22. The highest BCUT2D eigenvalue weighted by Crippen LogP contribution is 2.56. The van der Waals surface area contributed by atoms with Gasteiger partial charge in [0.1, 0.15) is 36.3 Å². The molecule has 24 nitrogen and oxygen atoms in total. The highest BCUT2D eigenvalue weighted by Gasteiger charge is 2.47. The molecule has 0 radical (unpaired) electrons. The van der Waals surface area contributed by atoms with Gasteiger partial charge in [-0.2, -0.15) is 0 Å². The van der Waals surface area contributed by atoms with Crippen LogP contribution in [0.25, 0.3) is 11.2 Å². The van der Waals surface area contributed by atoms with E-state index in [2.05, 4.69) is 62.5 Å². The van der Waals surface area contributed by atoms with E-state index in [1.807, 2.05) is 6.08 Å². The van der Waals surface area contributed by atoms with Crippen LogP contribution in [-0.2, 0) is 50.7 Å². The Bertz CT molecular complexity index is 2130. The van der Waals surface area contributed by atoms with Gasteiger partial charge in [0.05, 0.1) is 27.4 Å². The summed E-state index contributed by atoms with van der Waals surface area (Å²) in [6.45, 7) is 2.34. The van der Waals surface area contributed by atoms with Crippen LogP contribution in [0.15, 0.2) is 37.0 Å². The number of carbonyl (C=O) groups is 3. The van der Waals surface area contributed by atoms with Crippen molar-refractivity contribution >= 4 is 69.1 Å². The molecule has 2 aromatic rings. The minimum absolute atomic E-state index is 0.0201. The number of aliphatic hydroxyl groups excluding tert-OH is 2. The molecule has 0 aliphatic carbocycles. The summed E-state index contributed by atoms with van der Waals surface area (Å²) in [4.78, 5) is 96.8. The van der Waals surface area contributed by atoms with Crippen molar-refractivity contribution in [1.82, 2.24) is 30.2 Å². The molecule has 0 aromatic carbocycles. The molecule has 1 saturated heterocycles. The maximum Gasteiger partial charge on any atom is 0.274 e. The summed E-state index contributed by atoms with van der Waals surface area (Å²) in [6.07, 6.45) is 17.1. The molecule has 0 saturated carbocycles. The van der Waals surface area contributed by atoms with Crippen molar-refractivity contribution in [1.29, 1.82) is 0 Å². The number of amides is 2. The number of fused-ring (bicyclic) bond motifs is 1. The number of nitrogens with one attached hydrogen (secondary N) is 2. The van der Waals surface area contributed by atoms with Gasteiger partial charge in [0.15, 0.2) is 17.7 Å². The molecule has 28 heteroatoms. The van der Waals surface area contributed by atoms with Crippen LogP contribution in [-0.4, -0.2) is 103 Å². The number of nitrogens with two attached hydrogens (primary N) is 1. The average molecular weight is 1050 g/mol.